The molecular formula is C27H29FN4O2S. The SMILES string of the molecule is O=C(c1cccs1)N(CC1C2CN(Cc3ccccn3)CC21)c1ccc(N2CCOCC2)c(F)c1. The Hall–Kier alpha value is -2.81. The maximum absolute atomic E-state index is 15.2. The van der Waals surface area contributed by atoms with Crippen molar-refractivity contribution in [3.8, 4) is 0 Å². The highest BCUT2D eigenvalue weighted by Crippen LogP contribution is 2.52. The van der Waals surface area contributed by atoms with Gasteiger partial charge in [-0.05, 0) is 59.5 Å². The molecule has 0 bridgehead atoms. The normalized spacial score (nSPS) is 23.8. The van der Waals surface area contributed by atoms with Gasteiger partial charge in [0, 0.05) is 51.2 Å². The number of rotatable bonds is 7. The standard InChI is InChI=1S/C27H29FN4O2S/c28-24-14-20(6-7-25(24)31-9-11-34-12-10-31)32(27(33)26-5-3-13-35-26)18-23-21-16-30(17-22(21)23)15-19-4-1-2-8-29-19/h1-8,13-14,21-23H,9-12,15-18H2. The first-order valence-electron chi connectivity index (χ1n) is 12.3. The number of piperidine rings is 1. The van der Waals surface area contributed by atoms with Crippen LogP contribution in [0, 0.1) is 23.6 Å². The molecule has 0 spiro atoms. The van der Waals surface area contributed by atoms with Gasteiger partial charge in [0.05, 0.1) is 29.5 Å². The number of benzene rings is 1. The molecule has 3 aliphatic rings. The average Bonchev–Trinajstić information content (AvgIpc) is 3.27. The largest absolute Gasteiger partial charge is 0.378 e. The molecule has 6 nitrogen and oxygen atoms in total. The van der Waals surface area contributed by atoms with E-state index in [0.717, 1.165) is 25.3 Å². The lowest BCUT2D eigenvalue weighted by Crippen LogP contribution is -2.37. The fourth-order valence-corrected chi connectivity index (χ4v) is 6.30. The first kappa shape index (κ1) is 22.6. The summed E-state index contributed by atoms with van der Waals surface area (Å²) >= 11 is 1.43. The third-order valence-corrected chi connectivity index (χ3v) is 8.38. The van der Waals surface area contributed by atoms with Gasteiger partial charge in [0.15, 0.2) is 0 Å². The highest BCUT2D eigenvalue weighted by molar-refractivity contribution is 7.12. The van der Waals surface area contributed by atoms with E-state index in [1.54, 1.807) is 4.90 Å². The number of thiophene rings is 1. The van der Waals surface area contributed by atoms with E-state index >= 15 is 4.39 Å². The zero-order valence-corrected chi connectivity index (χ0v) is 20.4. The summed E-state index contributed by atoms with van der Waals surface area (Å²) in [6.45, 7) is 6.10. The number of halogens is 1. The van der Waals surface area contributed by atoms with Gasteiger partial charge in [0.25, 0.3) is 5.91 Å². The second kappa shape index (κ2) is 9.68. The molecule has 2 unspecified atom stereocenters. The lowest BCUT2D eigenvalue weighted by molar-refractivity contribution is 0.0988. The minimum absolute atomic E-state index is 0.0474. The summed E-state index contributed by atoms with van der Waals surface area (Å²) in [7, 11) is 0. The highest BCUT2D eigenvalue weighted by atomic mass is 32.1. The van der Waals surface area contributed by atoms with Gasteiger partial charge in [-0.2, -0.15) is 0 Å². The van der Waals surface area contributed by atoms with Crippen LogP contribution in [-0.4, -0.2) is 61.7 Å². The van der Waals surface area contributed by atoms with E-state index in [4.69, 9.17) is 4.74 Å². The number of fused-ring (bicyclic) bond motifs is 1. The zero-order chi connectivity index (χ0) is 23.8. The van der Waals surface area contributed by atoms with Crippen molar-refractivity contribution < 1.29 is 13.9 Å². The van der Waals surface area contributed by atoms with Gasteiger partial charge >= 0.3 is 0 Å². The van der Waals surface area contributed by atoms with E-state index in [0.29, 0.717) is 66.9 Å². The summed E-state index contributed by atoms with van der Waals surface area (Å²) in [5, 5.41) is 1.91. The number of carbonyl (C=O) groups is 1. The predicted octanol–water partition coefficient (Wildman–Crippen LogP) is 4.14. The van der Waals surface area contributed by atoms with Crippen LogP contribution in [0.3, 0.4) is 0 Å². The quantitative estimate of drug-likeness (QED) is 0.496. The molecule has 182 valence electrons. The Morgan fingerprint density at radius 3 is 2.63 bits per heavy atom. The Balaban J connectivity index is 1.17. The van der Waals surface area contributed by atoms with E-state index < -0.39 is 0 Å². The maximum atomic E-state index is 15.2. The summed E-state index contributed by atoms with van der Waals surface area (Å²) in [6, 6.07) is 15.0. The van der Waals surface area contributed by atoms with Crippen LogP contribution in [0.1, 0.15) is 15.4 Å². The van der Waals surface area contributed by atoms with Crippen LogP contribution in [0.5, 0.6) is 0 Å². The first-order chi connectivity index (χ1) is 17.2. The van der Waals surface area contributed by atoms with Crippen LogP contribution in [-0.2, 0) is 11.3 Å². The average molecular weight is 493 g/mol. The number of likely N-dealkylation sites (tertiary alicyclic amines) is 1. The van der Waals surface area contributed by atoms with Crippen LogP contribution in [0.4, 0.5) is 15.8 Å². The molecule has 1 aliphatic carbocycles. The molecule has 0 radical (unpaired) electrons. The fraction of sp³-hybridized carbons (Fsp3) is 0.407. The Bertz CT molecular complexity index is 1160. The van der Waals surface area contributed by atoms with Crippen LogP contribution < -0.4 is 9.80 Å². The van der Waals surface area contributed by atoms with Crippen LogP contribution in [0.25, 0.3) is 0 Å². The molecule has 0 N–H and O–H groups in total. The van der Waals surface area contributed by atoms with Crippen molar-refractivity contribution in [2.75, 3.05) is 55.7 Å². The second-order valence-electron chi connectivity index (χ2n) is 9.63. The minimum atomic E-state index is -0.286. The molecule has 4 heterocycles. The summed E-state index contributed by atoms with van der Waals surface area (Å²) in [4.78, 5) is 24.9. The van der Waals surface area contributed by atoms with Crippen molar-refractivity contribution in [1.82, 2.24) is 9.88 Å². The number of pyridine rings is 1. The molecule has 35 heavy (non-hydrogen) atoms. The number of hydrogen-bond donors (Lipinski definition) is 0. The molecule has 8 heteroatoms. The van der Waals surface area contributed by atoms with Crippen molar-refractivity contribution in [3.05, 3.63) is 76.5 Å². The van der Waals surface area contributed by atoms with Gasteiger partial charge < -0.3 is 14.5 Å². The number of ether oxygens (including phenoxy) is 1. The fourth-order valence-electron chi connectivity index (χ4n) is 5.63. The summed E-state index contributed by atoms with van der Waals surface area (Å²) < 4.78 is 20.6. The van der Waals surface area contributed by atoms with Crippen LogP contribution in [0.2, 0.25) is 0 Å². The first-order valence-corrected chi connectivity index (χ1v) is 13.2. The van der Waals surface area contributed by atoms with Gasteiger partial charge in [0.2, 0.25) is 0 Å². The number of nitrogens with zero attached hydrogens (tertiary/aromatic N) is 4. The number of aromatic nitrogens is 1. The molecule has 1 aromatic carbocycles. The van der Waals surface area contributed by atoms with Crippen molar-refractivity contribution in [3.63, 3.8) is 0 Å². The van der Waals surface area contributed by atoms with E-state index in [2.05, 4.69) is 16.0 Å². The molecule has 6 rings (SSSR count). The lowest BCUT2D eigenvalue weighted by atomic mass is 10.1. The molecular weight excluding hydrogens is 463 g/mol. The summed E-state index contributed by atoms with van der Waals surface area (Å²) in [5.41, 5.74) is 2.30. The molecule has 1 amide bonds. The number of morpholine rings is 1. The summed E-state index contributed by atoms with van der Waals surface area (Å²) in [5.74, 6) is 1.27. The monoisotopic (exact) mass is 492 g/mol. The van der Waals surface area contributed by atoms with Gasteiger partial charge in [-0.3, -0.25) is 14.7 Å². The molecule has 1 saturated carbocycles. The van der Waals surface area contributed by atoms with Crippen molar-refractivity contribution >= 4 is 28.6 Å². The Labute approximate surface area is 208 Å². The second-order valence-corrected chi connectivity index (χ2v) is 10.6. The molecule has 3 fully saturated rings. The Kier molecular flexibility index (Phi) is 6.26. The molecule has 2 saturated heterocycles. The smallest absolute Gasteiger partial charge is 0.268 e. The number of amides is 1. The van der Waals surface area contributed by atoms with Crippen molar-refractivity contribution in [2.24, 2.45) is 17.8 Å². The predicted molar refractivity (Wildman–Crippen MR) is 135 cm³/mol. The lowest BCUT2D eigenvalue weighted by Gasteiger charge is -2.30. The molecule has 2 aromatic heterocycles. The topological polar surface area (TPSA) is 48.9 Å². The minimum Gasteiger partial charge on any atom is -0.378 e. The van der Waals surface area contributed by atoms with Crippen molar-refractivity contribution in [1.29, 1.82) is 0 Å². The summed E-state index contributed by atoms with van der Waals surface area (Å²) in [6.07, 6.45) is 1.84. The Morgan fingerprint density at radius 1 is 1.11 bits per heavy atom. The van der Waals surface area contributed by atoms with Gasteiger partial charge in [-0.15, -0.1) is 11.3 Å². The van der Waals surface area contributed by atoms with Gasteiger partial charge in [0.1, 0.15) is 5.82 Å². The van der Waals surface area contributed by atoms with E-state index in [1.807, 2.05) is 52.9 Å². The third kappa shape index (κ3) is 4.70. The van der Waals surface area contributed by atoms with Crippen molar-refractivity contribution in [2.45, 2.75) is 6.54 Å². The maximum Gasteiger partial charge on any atom is 0.268 e. The third-order valence-electron chi connectivity index (χ3n) is 7.52. The Morgan fingerprint density at radius 2 is 1.94 bits per heavy atom. The highest BCUT2D eigenvalue weighted by Gasteiger charge is 2.56. The number of carbonyl (C=O) groups excluding carboxylic acids is 1. The molecule has 2 aliphatic heterocycles. The van der Waals surface area contributed by atoms with Crippen LogP contribution in [0.15, 0.2) is 60.1 Å². The van der Waals surface area contributed by atoms with Gasteiger partial charge in [-0.1, -0.05) is 12.1 Å². The van der Waals surface area contributed by atoms with Crippen LogP contribution >= 0.6 is 11.3 Å². The molecule has 2 atom stereocenters. The van der Waals surface area contributed by atoms with E-state index in [-0.39, 0.29) is 11.7 Å². The van der Waals surface area contributed by atoms with Gasteiger partial charge in [-0.25, -0.2) is 4.39 Å². The molecule has 3 aromatic rings. The number of anilines is 2. The zero-order valence-electron chi connectivity index (χ0n) is 19.6. The number of hydrogen-bond acceptors (Lipinski definition) is 6. The van der Waals surface area contributed by atoms with E-state index in [1.165, 1.54) is 17.4 Å². The van der Waals surface area contributed by atoms with E-state index in [9.17, 15) is 4.79 Å².